The molecule has 1 aromatic carbocycles. The van der Waals surface area contributed by atoms with Crippen molar-refractivity contribution in [2.75, 3.05) is 0 Å². The van der Waals surface area contributed by atoms with Crippen molar-refractivity contribution in [2.24, 2.45) is 0 Å². The quantitative estimate of drug-likeness (QED) is 0.682. The zero-order chi connectivity index (χ0) is 13.4. The molecule has 1 aromatic rings. The Bertz CT molecular complexity index is 423. The largest absolute Gasteiger partial charge is 0.573 e. The minimum absolute atomic E-state index is 0.212. The number of aryl methyl sites for hydroxylation is 1. The standard InChI is InChI=1S/C9H5BrF6O/c1-4-2-5(10)7(8(11,12)13)6(3-4)17-9(14,15)16/h2-3H,1H3. The van der Waals surface area contributed by atoms with Crippen LogP contribution >= 0.6 is 15.9 Å². The first-order valence-electron chi connectivity index (χ1n) is 4.14. The van der Waals surface area contributed by atoms with Crippen LogP contribution in [0.5, 0.6) is 5.75 Å². The van der Waals surface area contributed by atoms with Crippen molar-refractivity contribution in [2.45, 2.75) is 19.5 Å². The highest BCUT2D eigenvalue weighted by Crippen LogP contribution is 2.43. The van der Waals surface area contributed by atoms with Gasteiger partial charge in [-0.05, 0) is 24.6 Å². The minimum Gasteiger partial charge on any atom is -0.405 e. The molecule has 1 rings (SSSR count). The first-order chi connectivity index (χ1) is 7.50. The Labute approximate surface area is 101 Å². The van der Waals surface area contributed by atoms with Crippen LogP contribution in [0.15, 0.2) is 16.6 Å². The van der Waals surface area contributed by atoms with Crippen LogP contribution in [0.1, 0.15) is 11.1 Å². The second-order valence-electron chi connectivity index (χ2n) is 3.17. The van der Waals surface area contributed by atoms with E-state index in [0.29, 0.717) is 6.07 Å². The van der Waals surface area contributed by atoms with Crippen LogP contribution < -0.4 is 4.74 Å². The van der Waals surface area contributed by atoms with Gasteiger partial charge < -0.3 is 4.74 Å². The molecule has 96 valence electrons. The van der Waals surface area contributed by atoms with Gasteiger partial charge in [0.25, 0.3) is 0 Å². The third-order valence-corrected chi connectivity index (χ3v) is 2.33. The van der Waals surface area contributed by atoms with E-state index in [1.54, 1.807) is 0 Å². The van der Waals surface area contributed by atoms with Gasteiger partial charge in [0.05, 0.1) is 0 Å². The number of alkyl halides is 6. The summed E-state index contributed by atoms with van der Waals surface area (Å²) in [6.07, 6.45) is -10.1. The van der Waals surface area contributed by atoms with Gasteiger partial charge in [0, 0.05) is 4.47 Å². The van der Waals surface area contributed by atoms with Gasteiger partial charge in [-0.15, -0.1) is 13.2 Å². The summed E-state index contributed by atoms with van der Waals surface area (Å²) in [5.74, 6) is -1.27. The Balaban J connectivity index is 3.36. The normalized spacial score (nSPS) is 12.7. The van der Waals surface area contributed by atoms with E-state index in [9.17, 15) is 26.3 Å². The van der Waals surface area contributed by atoms with Gasteiger partial charge in [-0.3, -0.25) is 0 Å². The molecule has 0 N–H and O–H groups in total. The average molecular weight is 323 g/mol. The van der Waals surface area contributed by atoms with E-state index in [-0.39, 0.29) is 5.56 Å². The fraction of sp³-hybridized carbons (Fsp3) is 0.333. The zero-order valence-corrected chi connectivity index (χ0v) is 9.79. The fourth-order valence-corrected chi connectivity index (χ4v) is 1.97. The van der Waals surface area contributed by atoms with Crippen molar-refractivity contribution in [3.63, 3.8) is 0 Å². The van der Waals surface area contributed by atoms with Crippen molar-refractivity contribution >= 4 is 15.9 Å². The Morgan fingerprint density at radius 1 is 1.06 bits per heavy atom. The highest BCUT2D eigenvalue weighted by molar-refractivity contribution is 9.10. The van der Waals surface area contributed by atoms with Gasteiger partial charge >= 0.3 is 12.5 Å². The first kappa shape index (κ1) is 14.1. The molecule has 1 nitrogen and oxygen atoms in total. The Morgan fingerprint density at radius 2 is 1.59 bits per heavy atom. The topological polar surface area (TPSA) is 9.23 Å². The van der Waals surface area contributed by atoms with Crippen LogP contribution in [-0.4, -0.2) is 6.36 Å². The first-order valence-corrected chi connectivity index (χ1v) is 4.93. The van der Waals surface area contributed by atoms with E-state index >= 15 is 0 Å². The Kier molecular flexibility index (Phi) is 3.66. The van der Waals surface area contributed by atoms with Gasteiger partial charge in [0.2, 0.25) is 0 Å². The van der Waals surface area contributed by atoms with E-state index in [4.69, 9.17) is 0 Å². The summed E-state index contributed by atoms with van der Waals surface area (Å²) in [6.45, 7) is 1.36. The lowest BCUT2D eigenvalue weighted by Crippen LogP contribution is -2.20. The van der Waals surface area contributed by atoms with Crippen LogP contribution in [0.2, 0.25) is 0 Å². The van der Waals surface area contributed by atoms with Crippen molar-refractivity contribution in [3.8, 4) is 5.75 Å². The lowest BCUT2D eigenvalue weighted by atomic mass is 10.1. The highest BCUT2D eigenvalue weighted by Gasteiger charge is 2.41. The third-order valence-electron chi connectivity index (χ3n) is 1.71. The monoisotopic (exact) mass is 322 g/mol. The number of ether oxygens (including phenoxy) is 1. The lowest BCUT2D eigenvalue weighted by molar-refractivity contribution is -0.276. The molecular weight excluding hydrogens is 318 g/mol. The van der Waals surface area contributed by atoms with E-state index in [0.717, 1.165) is 6.07 Å². The predicted molar refractivity (Wildman–Crippen MR) is 50.6 cm³/mol. The molecule has 0 spiro atoms. The summed E-state index contributed by atoms with van der Waals surface area (Å²) >= 11 is 2.57. The number of benzene rings is 1. The number of hydrogen-bond acceptors (Lipinski definition) is 1. The van der Waals surface area contributed by atoms with E-state index < -0.39 is 28.3 Å². The van der Waals surface area contributed by atoms with Crippen LogP contribution in [0.3, 0.4) is 0 Å². The van der Waals surface area contributed by atoms with Crippen molar-refractivity contribution in [1.29, 1.82) is 0 Å². The van der Waals surface area contributed by atoms with Crippen LogP contribution in [0, 0.1) is 6.92 Å². The molecule has 0 saturated heterocycles. The molecule has 0 fully saturated rings. The van der Waals surface area contributed by atoms with Crippen molar-refractivity contribution in [1.82, 2.24) is 0 Å². The van der Waals surface area contributed by atoms with E-state index in [2.05, 4.69) is 20.7 Å². The fourth-order valence-electron chi connectivity index (χ4n) is 1.19. The van der Waals surface area contributed by atoms with Crippen LogP contribution in [0.25, 0.3) is 0 Å². The number of halogens is 7. The molecule has 0 radical (unpaired) electrons. The summed E-state index contributed by atoms with van der Waals surface area (Å²) in [7, 11) is 0. The molecule has 0 amide bonds. The molecule has 0 heterocycles. The smallest absolute Gasteiger partial charge is 0.405 e. The SMILES string of the molecule is Cc1cc(Br)c(C(F)(F)F)c(OC(F)(F)F)c1. The lowest BCUT2D eigenvalue weighted by Gasteiger charge is -2.17. The molecule has 0 aliphatic heterocycles. The van der Waals surface area contributed by atoms with Gasteiger partial charge in [-0.2, -0.15) is 13.2 Å². The second-order valence-corrected chi connectivity index (χ2v) is 4.02. The van der Waals surface area contributed by atoms with Gasteiger partial charge in [-0.25, -0.2) is 0 Å². The molecule has 0 aliphatic carbocycles. The van der Waals surface area contributed by atoms with Crippen LogP contribution in [-0.2, 0) is 6.18 Å². The molecule has 8 heteroatoms. The third kappa shape index (κ3) is 3.79. The molecule has 0 aromatic heterocycles. The molecule has 0 saturated carbocycles. The van der Waals surface area contributed by atoms with Crippen molar-refractivity contribution < 1.29 is 31.1 Å². The summed E-state index contributed by atoms with van der Waals surface area (Å²) in [5, 5.41) is 0. The minimum atomic E-state index is -5.17. The van der Waals surface area contributed by atoms with Gasteiger partial charge in [-0.1, -0.05) is 15.9 Å². The summed E-state index contributed by atoms with van der Waals surface area (Å²) < 4.78 is 76.4. The number of hydrogen-bond donors (Lipinski definition) is 0. The predicted octanol–water partition coefficient (Wildman–Crippen LogP) is 4.67. The summed E-state index contributed by atoms with van der Waals surface area (Å²) in [6, 6.07) is 1.74. The van der Waals surface area contributed by atoms with E-state index in [1.165, 1.54) is 6.92 Å². The molecule has 0 atom stereocenters. The van der Waals surface area contributed by atoms with Gasteiger partial charge in [0.1, 0.15) is 11.3 Å². The maximum atomic E-state index is 12.5. The molecule has 0 bridgehead atoms. The van der Waals surface area contributed by atoms with Gasteiger partial charge in [0.15, 0.2) is 0 Å². The molecular formula is C9H5BrF6O. The zero-order valence-electron chi connectivity index (χ0n) is 8.21. The van der Waals surface area contributed by atoms with Crippen LogP contribution in [0.4, 0.5) is 26.3 Å². The summed E-state index contributed by atoms with van der Waals surface area (Å²) in [5.41, 5.74) is -1.27. The van der Waals surface area contributed by atoms with Crippen molar-refractivity contribution in [3.05, 3.63) is 27.7 Å². The second kappa shape index (κ2) is 4.40. The Morgan fingerprint density at radius 3 is 2.00 bits per heavy atom. The molecule has 17 heavy (non-hydrogen) atoms. The Hall–Kier alpha value is -0.920. The highest BCUT2D eigenvalue weighted by atomic mass is 79.9. The van der Waals surface area contributed by atoms with E-state index in [1.807, 2.05) is 0 Å². The average Bonchev–Trinajstić information content (AvgIpc) is 1.94. The maximum absolute atomic E-state index is 12.5. The number of rotatable bonds is 1. The molecule has 0 unspecified atom stereocenters. The summed E-state index contributed by atoms with van der Waals surface area (Å²) in [4.78, 5) is 0. The molecule has 0 aliphatic rings. The maximum Gasteiger partial charge on any atom is 0.573 e.